The van der Waals surface area contributed by atoms with Gasteiger partial charge in [-0.05, 0) is 18.6 Å². The van der Waals surface area contributed by atoms with Crippen molar-refractivity contribution in [3.63, 3.8) is 0 Å². The number of carbonyl (C=O) groups excluding carboxylic acids is 1. The van der Waals surface area contributed by atoms with Gasteiger partial charge < -0.3 is 10.4 Å². The third-order valence-corrected chi connectivity index (χ3v) is 2.88. The minimum absolute atomic E-state index is 0.0253. The Kier molecular flexibility index (Phi) is 5.35. The van der Waals surface area contributed by atoms with Crippen molar-refractivity contribution in [2.75, 3.05) is 11.9 Å². The summed E-state index contributed by atoms with van der Waals surface area (Å²) in [6, 6.07) is 2.95. The molecule has 0 saturated carbocycles. The average Bonchev–Trinajstić information content (AvgIpc) is 2.23. The maximum atomic E-state index is 11.4. The van der Waals surface area contributed by atoms with E-state index in [1.54, 1.807) is 0 Å². The van der Waals surface area contributed by atoms with Gasteiger partial charge in [0.2, 0.25) is 5.91 Å². The van der Waals surface area contributed by atoms with E-state index in [9.17, 15) is 4.79 Å². The predicted octanol–water partition coefficient (Wildman–Crippen LogP) is 3.36. The standard InChI is InChI=1S/C10H10Cl3NO2/c11-6-4-8(13)9(5-7(6)12)14-10(16)2-1-3-15/h4-5,15H,1-3H2,(H,14,16). The number of carbonyl (C=O) groups is 1. The SMILES string of the molecule is O=C(CCCO)Nc1cc(Cl)c(Cl)cc1Cl. The summed E-state index contributed by atoms with van der Waals surface area (Å²) in [5.74, 6) is -0.227. The highest BCUT2D eigenvalue weighted by Crippen LogP contribution is 2.32. The fraction of sp³-hybridized carbons (Fsp3) is 0.300. The maximum Gasteiger partial charge on any atom is 0.224 e. The third kappa shape index (κ3) is 3.83. The van der Waals surface area contributed by atoms with E-state index in [1.165, 1.54) is 12.1 Å². The van der Waals surface area contributed by atoms with Crippen molar-refractivity contribution in [1.82, 2.24) is 0 Å². The van der Waals surface area contributed by atoms with Crippen LogP contribution in [0.15, 0.2) is 12.1 Å². The number of aliphatic hydroxyl groups excluding tert-OH is 1. The molecule has 0 spiro atoms. The maximum absolute atomic E-state index is 11.4. The first-order chi connectivity index (χ1) is 7.54. The third-order valence-electron chi connectivity index (χ3n) is 1.85. The number of hydrogen-bond donors (Lipinski definition) is 2. The van der Waals surface area contributed by atoms with Gasteiger partial charge in [0, 0.05) is 13.0 Å². The lowest BCUT2D eigenvalue weighted by Gasteiger charge is -2.08. The van der Waals surface area contributed by atoms with Gasteiger partial charge in [-0.1, -0.05) is 34.8 Å². The van der Waals surface area contributed by atoms with E-state index in [0.29, 0.717) is 27.2 Å². The first kappa shape index (κ1) is 13.6. The fourth-order valence-corrected chi connectivity index (χ4v) is 1.66. The van der Waals surface area contributed by atoms with Gasteiger partial charge in [-0.2, -0.15) is 0 Å². The Labute approximate surface area is 108 Å². The van der Waals surface area contributed by atoms with Crippen molar-refractivity contribution in [2.24, 2.45) is 0 Å². The summed E-state index contributed by atoms with van der Waals surface area (Å²) >= 11 is 17.4. The molecule has 0 saturated heterocycles. The van der Waals surface area contributed by atoms with E-state index in [0.717, 1.165) is 0 Å². The molecule has 0 atom stereocenters. The van der Waals surface area contributed by atoms with Crippen LogP contribution in [-0.2, 0) is 4.79 Å². The van der Waals surface area contributed by atoms with Gasteiger partial charge in [-0.3, -0.25) is 4.79 Å². The van der Waals surface area contributed by atoms with Gasteiger partial charge in [0.15, 0.2) is 0 Å². The number of nitrogens with one attached hydrogen (secondary N) is 1. The Balaban J connectivity index is 2.73. The Morgan fingerprint density at radius 3 is 2.44 bits per heavy atom. The number of rotatable bonds is 4. The van der Waals surface area contributed by atoms with Crippen molar-refractivity contribution >= 4 is 46.4 Å². The van der Waals surface area contributed by atoms with Crippen LogP contribution >= 0.6 is 34.8 Å². The van der Waals surface area contributed by atoms with E-state index in [2.05, 4.69) is 5.32 Å². The van der Waals surface area contributed by atoms with Crippen LogP contribution in [0.1, 0.15) is 12.8 Å². The molecule has 0 aliphatic rings. The zero-order valence-electron chi connectivity index (χ0n) is 8.27. The number of aliphatic hydroxyl groups is 1. The molecule has 0 bridgehead atoms. The Hall–Kier alpha value is -0.480. The predicted molar refractivity (Wildman–Crippen MR) is 66.4 cm³/mol. The number of anilines is 1. The molecule has 1 aromatic carbocycles. The summed E-state index contributed by atoms with van der Waals surface area (Å²) in [7, 11) is 0. The molecule has 0 aliphatic heterocycles. The van der Waals surface area contributed by atoms with E-state index < -0.39 is 0 Å². The van der Waals surface area contributed by atoms with E-state index in [-0.39, 0.29) is 18.9 Å². The summed E-state index contributed by atoms with van der Waals surface area (Å²) in [6.45, 7) is -0.0253. The highest BCUT2D eigenvalue weighted by atomic mass is 35.5. The molecule has 3 nitrogen and oxygen atoms in total. The molecule has 1 rings (SSSR count). The summed E-state index contributed by atoms with van der Waals surface area (Å²) < 4.78 is 0. The fourth-order valence-electron chi connectivity index (χ4n) is 1.07. The minimum Gasteiger partial charge on any atom is -0.396 e. The molecule has 0 radical (unpaired) electrons. The van der Waals surface area contributed by atoms with Crippen LogP contribution in [0, 0.1) is 0 Å². The van der Waals surface area contributed by atoms with Crippen LogP contribution in [0.2, 0.25) is 15.1 Å². The highest BCUT2D eigenvalue weighted by molar-refractivity contribution is 6.44. The number of hydrogen-bond acceptors (Lipinski definition) is 2. The summed E-state index contributed by atoms with van der Waals surface area (Å²) in [5.41, 5.74) is 0.416. The lowest BCUT2D eigenvalue weighted by Crippen LogP contribution is -2.12. The van der Waals surface area contributed by atoms with Gasteiger partial charge in [0.25, 0.3) is 0 Å². The minimum atomic E-state index is -0.227. The average molecular weight is 283 g/mol. The highest BCUT2D eigenvalue weighted by Gasteiger charge is 2.08. The summed E-state index contributed by atoms with van der Waals surface area (Å²) in [4.78, 5) is 11.4. The monoisotopic (exact) mass is 281 g/mol. The smallest absolute Gasteiger partial charge is 0.224 e. The van der Waals surface area contributed by atoms with Gasteiger partial charge in [0.05, 0.1) is 20.8 Å². The van der Waals surface area contributed by atoms with Crippen molar-refractivity contribution in [3.8, 4) is 0 Å². The zero-order chi connectivity index (χ0) is 12.1. The molecule has 88 valence electrons. The van der Waals surface area contributed by atoms with Crippen LogP contribution in [0.5, 0.6) is 0 Å². The zero-order valence-corrected chi connectivity index (χ0v) is 10.5. The van der Waals surface area contributed by atoms with Crippen molar-refractivity contribution in [1.29, 1.82) is 0 Å². The molecular weight excluding hydrogens is 272 g/mol. The molecular formula is C10H10Cl3NO2. The Morgan fingerprint density at radius 1 is 1.19 bits per heavy atom. The lowest BCUT2D eigenvalue weighted by molar-refractivity contribution is -0.116. The molecule has 0 unspecified atom stereocenters. The van der Waals surface area contributed by atoms with Crippen molar-refractivity contribution < 1.29 is 9.90 Å². The first-order valence-electron chi connectivity index (χ1n) is 4.60. The van der Waals surface area contributed by atoms with Crippen molar-refractivity contribution in [2.45, 2.75) is 12.8 Å². The second-order valence-electron chi connectivity index (χ2n) is 3.12. The van der Waals surface area contributed by atoms with Gasteiger partial charge in [0.1, 0.15) is 0 Å². The number of benzene rings is 1. The molecule has 1 amide bonds. The van der Waals surface area contributed by atoms with Crippen LogP contribution in [0.4, 0.5) is 5.69 Å². The Morgan fingerprint density at radius 2 is 1.81 bits per heavy atom. The molecule has 2 N–H and O–H groups in total. The topological polar surface area (TPSA) is 49.3 Å². The van der Waals surface area contributed by atoms with E-state index in [1.807, 2.05) is 0 Å². The quantitative estimate of drug-likeness (QED) is 0.832. The van der Waals surface area contributed by atoms with E-state index in [4.69, 9.17) is 39.9 Å². The molecule has 0 aromatic heterocycles. The number of amides is 1. The summed E-state index contributed by atoms with van der Waals surface area (Å²) in [5, 5.41) is 12.1. The van der Waals surface area contributed by atoms with Gasteiger partial charge in [-0.15, -0.1) is 0 Å². The molecule has 1 aromatic rings. The van der Waals surface area contributed by atoms with Gasteiger partial charge >= 0.3 is 0 Å². The molecule has 0 heterocycles. The molecule has 6 heteroatoms. The second-order valence-corrected chi connectivity index (χ2v) is 4.34. The van der Waals surface area contributed by atoms with Crippen LogP contribution in [0.3, 0.4) is 0 Å². The normalized spacial score (nSPS) is 10.2. The number of halogens is 3. The largest absolute Gasteiger partial charge is 0.396 e. The molecule has 16 heavy (non-hydrogen) atoms. The lowest BCUT2D eigenvalue weighted by atomic mass is 10.2. The summed E-state index contributed by atoms with van der Waals surface area (Å²) in [6.07, 6.45) is 0.637. The van der Waals surface area contributed by atoms with E-state index >= 15 is 0 Å². The first-order valence-corrected chi connectivity index (χ1v) is 5.73. The van der Waals surface area contributed by atoms with Crippen LogP contribution in [-0.4, -0.2) is 17.6 Å². The van der Waals surface area contributed by atoms with Crippen LogP contribution < -0.4 is 5.32 Å². The molecule has 0 fully saturated rings. The van der Waals surface area contributed by atoms with Crippen LogP contribution in [0.25, 0.3) is 0 Å². The van der Waals surface area contributed by atoms with Gasteiger partial charge in [-0.25, -0.2) is 0 Å². The second kappa shape index (κ2) is 6.30. The molecule has 0 aliphatic carbocycles. The van der Waals surface area contributed by atoms with Crippen molar-refractivity contribution in [3.05, 3.63) is 27.2 Å². The Bertz CT molecular complexity index is 396.